The molecule has 2 aliphatic heterocycles. The molecule has 4 aromatic rings. The number of carboxylic acids is 1. The van der Waals surface area contributed by atoms with E-state index in [1.807, 2.05) is 28.3 Å². The summed E-state index contributed by atoms with van der Waals surface area (Å²) >= 11 is 5.27. The number of carbonyl (C=O) groups excluding carboxylic acids is 2. The first kappa shape index (κ1) is 28.8. The SMILES string of the molecule is Nc1nc(/C(=N\O)C(=O)N[C@@H]2C(=O)N3C(C(=O)O)=C(CSc4nc(Cn5cnc(-c6cccnc6)c5)cs4)CS[C@H]23)cs1. The molecular formula is C25H21N9O5S4. The van der Waals surface area contributed by atoms with Crippen molar-refractivity contribution in [1.29, 1.82) is 0 Å². The molecule has 2 atom stereocenters. The Kier molecular flexibility index (Phi) is 8.15. The number of β-lactam (4-membered cyclic amide) rings is 1. The minimum absolute atomic E-state index is 0.0673. The van der Waals surface area contributed by atoms with Gasteiger partial charge in [0.2, 0.25) is 0 Å². The summed E-state index contributed by atoms with van der Waals surface area (Å²) in [5.41, 5.74) is 8.34. The van der Waals surface area contributed by atoms with Crippen molar-refractivity contribution in [2.45, 2.75) is 22.3 Å². The van der Waals surface area contributed by atoms with E-state index in [1.54, 1.807) is 18.7 Å². The van der Waals surface area contributed by atoms with Crippen LogP contribution in [-0.4, -0.2) is 86.1 Å². The van der Waals surface area contributed by atoms with E-state index in [4.69, 9.17) is 5.73 Å². The van der Waals surface area contributed by atoms with Gasteiger partial charge in [-0.05, 0) is 17.7 Å². The smallest absolute Gasteiger partial charge is 0.352 e. The van der Waals surface area contributed by atoms with Gasteiger partial charge in [0.15, 0.2) is 15.2 Å². The Labute approximate surface area is 259 Å². The lowest BCUT2D eigenvalue weighted by atomic mass is 10.0. The van der Waals surface area contributed by atoms with Crippen molar-refractivity contribution in [1.82, 2.24) is 34.7 Å². The van der Waals surface area contributed by atoms with Crippen LogP contribution in [0, 0.1) is 0 Å². The molecule has 1 fully saturated rings. The van der Waals surface area contributed by atoms with E-state index >= 15 is 0 Å². The fraction of sp³-hybridized carbons (Fsp3) is 0.200. The summed E-state index contributed by atoms with van der Waals surface area (Å²) in [5.74, 6) is -1.93. The number of oxime groups is 1. The quantitative estimate of drug-likeness (QED) is 0.0639. The standard InChI is InChI=1S/C25H21N9O5S4/c26-24-30-16(10-41-24)17(32-39)20(35)31-18-21(36)34-19(23(37)38)13(7-40-22(18)34)8-42-25-29-14(9-43-25)5-33-6-15(28-11-33)12-2-1-3-27-4-12/h1-4,6,9-11,18,22,39H,5,7-8H2,(H2,26,30)(H,31,35)(H,37,38)/b32-17+/t18-,22-/m1/s1. The number of pyridine rings is 1. The van der Waals surface area contributed by atoms with Crippen LogP contribution in [0.2, 0.25) is 0 Å². The molecule has 1 saturated heterocycles. The molecule has 18 heteroatoms. The maximum Gasteiger partial charge on any atom is 0.352 e. The van der Waals surface area contributed by atoms with Gasteiger partial charge < -0.3 is 25.9 Å². The number of rotatable bonds is 10. The predicted octanol–water partition coefficient (Wildman–Crippen LogP) is 2.20. The Morgan fingerprint density at radius 2 is 2.12 bits per heavy atom. The molecule has 4 aromatic heterocycles. The lowest BCUT2D eigenvalue weighted by Gasteiger charge is -2.49. The number of nitrogen functional groups attached to an aromatic ring is 1. The van der Waals surface area contributed by atoms with Gasteiger partial charge in [-0.1, -0.05) is 16.9 Å². The summed E-state index contributed by atoms with van der Waals surface area (Å²) in [6.07, 6.45) is 7.12. The minimum atomic E-state index is -1.22. The highest BCUT2D eigenvalue weighted by Gasteiger charge is 2.54. The number of carbonyl (C=O) groups is 3. The van der Waals surface area contributed by atoms with Crippen molar-refractivity contribution >= 4 is 74.8 Å². The molecule has 0 saturated carbocycles. The second-order valence-corrected chi connectivity index (χ2v) is 13.3. The van der Waals surface area contributed by atoms with Gasteiger partial charge in [-0.3, -0.25) is 19.5 Å². The number of hydrogen-bond acceptors (Lipinski definition) is 14. The molecule has 220 valence electrons. The van der Waals surface area contributed by atoms with E-state index in [0.29, 0.717) is 23.6 Å². The first-order valence-corrected chi connectivity index (χ1v) is 16.3. The molecule has 6 heterocycles. The summed E-state index contributed by atoms with van der Waals surface area (Å²) in [7, 11) is 0. The monoisotopic (exact) mass is 655 g/mol. The van der Waals surface area contributed by atoms with Crippen LogP contribution in [0.5, 0.6) is 0 Å². The number of fused-ring (bicyclic) bond motifs is 1. The number of amides is 2. The highest BCUT2D eigenvalue weighted by molar-refractivity contribution is 8.01. The van der Waals surface area contributed by atoms with E-state index in [-0.39, 0.29) is 16.5 Å². The molecule has 43 heavy (non-hydrogen) atoms. The Balaban J connectivity index is 1.09. The van der Waals surface area contributed by atoms with E-state index in [0.717, 1.165) is 32.6 Å². The number of carboxylic acid groups (broad SMARTS) is 1. The Bertz CT molecular complexity index is 1770. The predicted molar refractivity (Wildman–Crippen MR) is 162 cm³/mol. The number of nitrogens with two attached hydrogens (primary N) is 1. The Hall–Kier alpha value is -4.26. The third kappa shape index (κ3) is 5.85. The summed E-state index contributed by atoms with van der Waals surface area (Å²) in [6.45, 7) is 0.527. The number of hydrogen-bond donors (Lipinski definition) is 4. The number of thiazole rings is 2. The Morgan fingerprint density at radius 3 is 2.84 bits per heavy atom. The summed E-state index contributed by atoms with van der Waals surface area (Å²) in [5, 5.41) is 27.8. The van der Waals surface area contributed by atoms with Crippen LogP contribution >= 0.6 is 46.2 Å². The highest BCUT2D eigenvalue weighted by Crippen LogP contribution is 2.42. The lowest BCUT2D eigenvalue weighted by Crippen LogP contribution is -2.71. The molecule has 0 unspecified atom stereocenters. The van der Waals surface area contributed by atoms with Crippen LogP contribution in [0.1, 0.15) is 11.4 Å². The van der Waals surface area contributed by atoms with Crippen LogP contribution in [0.25, 0.3) is 11.3 Å². The molecule has 0 radical (unpaired) electrons. The van der Waals surface area contributed by atoms with Gasteiger partial charge >= 0.3 is 5.97 Å². The van der Waals surface area contributed by atoms with Crippen molar-refractivity contribution in [3.63, 3.8) is 0 Å². The number of anilines is 1. The third-order valence-corrected chi connectivity index (χ3v) is 10.6. The molecule has 0 aromatic carbocycles. The maximum atomic E-state index is 13.0. The fourth-order valence-corrected chi connectivity index (χ4v) is 8.36. The first-order chi connectivity index (χ1) is 20.8. The lowest BCUT2D eigenvalue weighted by molar-refractivity contribution is -0.150. The zero-order valence-corrected chi connectivity index (χ0v) is 25.1. The molecule has 0 bridgehead atoms. The number of imidazole rings is 1. The van der Waals surface area contributed by atoms with Crippen molar-refractivity contribution in [2.24, 2.45) is 5.16 Å². The van der Waals surface area contributed by atoms with Crippen molar-refractivity contribution in [3.05, 3.63) is 70.5 Å². The van der Waals surface area contributed by atoms with Gasteiger partial charge in [0.25, 0.3) is 11.8 Å². The van der Waals surface area contributed by atoms with Gasteiger partial charge in [0.1, 0.15) is 22.8 Å². The largest absolute Gasteiger partial charge is 0.477 e. The van der Waals surface area contributed by atoms with E-state index < -0.39 is 34.9 Å². The van der Waals surface area contributed by atoms with E-state index in [9.17, 15) is 24.7 Å². The Morgan fingerprint density at radius 1 is 1.26 bits per heavy atom. The molecule has 0 aliphatic carbocycles. The summed E-state index contributed by atoms with van der Waals surface area (Å²) in [4.78, 5) is 56.3. The van der Waals surface area contributed by atoms with Crippen LogP contribution in [0.4, 0.5) is 5.13 Å². The highest BCUT2D eigenvalue weighted by atomic mass is 32.2. The van der Waals surface area contributed by atoms with Crippen LogP contribution < -0.4 is 11.1 Å². The number of nitrogens with one attached hydrogen (secondary N) is 1. The van der Waals surface area contributed by atoms with Crippen molar-refractivity contribution in [2.75, 3.05) is 17.2 Å². The van der Waals surface area contributed by atoms with Gasteiger partial charge in [0, 0.05) is 46.4 Å². The molecule has 5 N–H and O–H groups in total. The fourth-order valence-electron chi connectivity index (χ4n) is 4.49. The molecule has 6 rings (SSSR count). The second-order valence-electron chi connectivity index (χ2n) is 9.20. The normalized spacial score (nSPS) is 18.4. The third-order valence-electron chi connectivity index (χ3n) is 6.45. The van der Waals surface area contributed by atoms with Crippen LogP contribution in [0.15, 0.2) is 68.6 Å². The molecular weight excluding hydrogens is 635 g/mol. The number of aliphatic carboxylic acids is 1. The average Bonchev–Trinajstić information content (AvgIpc) is 3.77. The zero-order chi connectivity index (χ0) is 30.1. The summed E-state index contributed by atoms with van der Waals surface area (Å²) < 4.78 is 2.70. The van der Waals surface area contributed by atoms with Gasteiger partial charge in [-0.25, -0.2) is 19.7 Å². The van der Waals surface area contributed by atoms with Crippen LogP contribution in [0.3, 0.4) is 0 Å². The maximum absolute atomic E-state index is 13.0. The van der Waals surface area contributed by atoms with E-state index in [1.165, 1.54) is 45.1 Å². The zero-order valence-electron chi connectivity index (χ0n) is 21.9. The number of thioether (sulfide) groups is 2. The minimum Gasteiger partial charge on any atom is -0.477 e. The molecule has 2 aliphatic rings. The first-order valence-electron chi connectivity index (χ1n) is 12.5. The van der Waals surface area contributed by atoms with Crippen molar-refractivity contribution < 1.29 is 24.7 Å². The second kappa shape index (κ2) is 12.2. The molecule has 2 amide bonds. The van der Waals surface area contributed by atoms with Crippen LogP contribution in [-0.2, 0) is 20.9 Å². The summed E-state index contributed by atoms with van der Waals surface area (Å²) in [6, 6.07) is 2.81. The van der Waals surface area contributed by atoms with Gasteiger partial charge in [0.05, 0.1) is 24.3 Å². The van der Waals surface area contributed by atoms with E-state index in [2.05, 4.69) is 30.4 Å². The molecule has 0 spiro atoms. The van der Waals surface area contributed by atoms with Crippen molar-refractivity contribution in [3.8, 4) is 11.3 Å². The number of nitrogens with zero attached hydrogens (tertiary/aromatic N) is 7. The topological polar surface area (TPSA) is 202 Å². The average molecular weight is 656 g/mol. The van der Waals surface area contributed by atoms with Gasteiger partial charge in [-0.2, -0.15) is 0 Å². The van der Waals surface area contributed by atoms with Gasteiger partial charge in [-0.15, -0.1) is 34.4 Å². The molecule has 14 nitrogen and oxygen atoms in total. The number of aromatic nitrogens is 5.